The SMILES string of the molecule is Cc1cc(F)c2c(ccn2C2CC2N(C)C)c1. The summed E-state index contributed by atoms with van der Waals surface area (Å²) in [5.74, 6) is -0.102. The van der Waals surface area contributed by atoms with Crippen LogP contribution in [0.2, 0.25) is 0 Å². The van der Waals surface area contributed by atoms with Gasteiger partial charge >= 0.3 is 0 Å². The lowest BCUT2D eigenvalue weighted by Gasteiger charge is -2.11. The van der Waals surface area contributed by atoms with Crippen molar-refractivity contribution in [3.63, 3.8) is 0 Å². The van der Waals surface area contributed by atoms with Crippen molar-refractivity contribution in [2.75, 3.05) is 14.1 Å². The van der Waals surface area contributed by atoms with Gasteiger partial charge in [-0.2, -0.15) is 0 Å². The quantitative estimate of drug-likeness (QED) is 0.773. The maximum atomic E-state index is 14.0. The lowest BCUT2D eigenvalue weighted by molar-refractivity contribution is 0.377. The van der Waals surface area contributed by atoms with Crippen LogP contribution in [0.4, 0.5) is 4.39 Å². The molecule has 1 fully saturated rings. The molecule has 0 spiro atoms. The Morgan fingerprint density at radius 1 is 1.35 bits per heavy atom. The average molecular weight is 232 g/mol. The molecule has 1 aromatic carbocycles. The molecule has 17 heavy (non-hydrogen) atoms. The summed E-state index contributed by atoms with van der Waals surface area (Å²) in [7, 11) is 4.16. The van der Waals surface area contributed by atoms with Crippen LogP contribution in [0.5, 0.6) is 0 Å². The third-order valence-electron chi connectivity index (χ3n) is 3.65. The van der Waals surface area contributed by atoms with Crippen LogP contribution in [0.3, 0.4) is 0 Å². The minimum absolute atomic E-state index is 0.102. The fraction of sp³-hybridized carbons (Fsp3) is 0.429. The molecule has 0 N–H and O–H groups in total. The zero-order valence-electron chi connectivity index (χ0n) is 10.4. The topological polar surface area (TPSA) is 8.17 Å². The van der Waals surface area contributed by atoms with Gasteiger partial charge in [-0.15, -0.1) is 0 Å². The first kappa shape index (κ1) is 10.8. The minimum atomic E-state index is -0.102. The predicted octanol–water partition coefficient (Wildman–Crippen LogP) is 2.96. The Balaban J connectivity index is 2.07. The Bertz CT molecular complexity index is 571. The summed E-state index contributed by atoms with van der Waals surface area (Å²) in [4.78, 5) is 2.21. The molecule has 3 rings (SSSR count). The van der Waals surface area contributed by atoms with Crippen LogP contribution in [0.1, 0.15) is 18.0 Å². The van der Waals surface area contributed by atoms with Gasteiger partial charge in [0.15, 0.2) is 0 Å². The molecule has 1 heterocycles. The molecule has 0 amide bonds. The fourth-order valence-electron chi connectivity index (χ4n) is 2.70. The summed E-state index contributed by atoms with van der Waals surface area (Å²) in [6, 6.07) is 6.65. The molecule has 0 bridgehead atoms. The molecule has 1 aliphatic carbocycles. The van der Waals surface area contributed by atoms with Gasteiger partial charge in [0.05, 0.1) is 11.6 Å². The normalized spacial score (nSPS) is 23.6. The summed E-state index contributed by atoms with van der Waals surface area (Å²) < 4.78 is 16.1. The molecule has 2 nitrogen and oxygen atoms in total. The van der Waals surface area contributed by atoms with Crippen molar-refractivity contribution in [3.05, 3.63) is 35.8 Å². The van der Waals surface area contributed by atoms with Gasteiger partial charge in [0.25, 0.3) is 0 Å². The van der Waals surface area contributed by atoms with Gasteiger partial charge in [-0.05, 0) is 51.2 Å². The molecular weight excluding hydrogens is 215 g/mol. The Labute approximate surface area is 101 Å². The van der Waals surface area contributed by atoms with Crippen LogP contribution in [-0.4, -0.2) is 29.6 Å². The van der Waals surface area contributed by atoms with Crippen molar-refractivity contribution < 1.29 is 4.39 Å². The molecule has 2 atom stereocenters. The Hall–Kier alpha value is -1.35. The number of nitrogens with zero attached hydrogens (tertiary/aromatic N) is 2. The largest absolute Gasteiger partial charge is 0.340 e. The maximum Gasteiger partial charge on any atom is 0.147 e. The molecule has 0 aliphatic heterocycles. The van der Waals surface area contributed by atoms with Gasteiger partial charge in [-0.1, -0.05) is 0 Å². The highest BCUT2D eigenvalue weighted by molar-refractivity contribution is 5.81. The Morgan fingerprint density at radius 3 is 2.76 bits per heavy atom. The van der Waals surface area contributed by atoms with Gasteiger partial charge < -0.3 is 9.47 Å². The average Bonchev–Trinajstić information content (AvgIpc) is 2.93. The van der Waals surface area contributed by atoms with Crippen molar-refractivity contribution in [3.8, 4) is 0 Å². The van der Waals surface area contributed by atoms with E-state index in [-0.39, 0.29) is 5.82 Å². The summed E-state index contributed by atoms with van der Waals surface area (Å²) in [5.41, 5.74) is 1.73. The lowest BCUT2D eigenvalue weighted by atomic mass is 10.2. The lowest BCUT2D eigenvalue weighted by Crippen LogP contribution is -2.17. The first-order valence-corrected chi connectivity index (χ1v) is 6.01. The van der Waals surface area contributed by atoms with E-state index in [0.717, 1.165) is 22.9 Å². The van der Waals surface area contributed by atoms with E-state index in [9.17, 15) is 4.39 Å². The number of fused-ring (bicyclic) bond motifs is 1. The van der Waals surface area contributed by atoms with Gasteiger partial charge in [0, 0.05) is 17.6 Å². The van der Waals surface area contributed by atoms with E-state index >= 15 is 0 Å². The van der Waals surface area contributed by atoms with Crippen LogP contribution < -0.4 is 0 Å². The highest BCUT2D eigenvalue weighted by Gasteiger charge is 2.40. The van der Waals surface area contributed by atoms with Crippen LogP contribution in [0, 0.1) is 12.7 Å². The van der Waals surface area contributed by atoms with E-state index in [2.05, 4.69) is 23.6 Å². The van der Waals surface area contributed by atoms with Crippen molar-refractivity contribution >= 4 is 10.9 Å². The van der Waals surface area contributed by atoms with Crippen molar-refractivity contribution in [2.45, 2.75) is 25.4 Å². The second-order valence-electron chi connectivity index (χ2n) is 5.24. The summed E-state index contributed by atoms with van der Waals surface area (Å²) in [5, 5.41) is 1.01. The first-order valence-electron chi connectivity index (χ1n) is 6.01. The molecule has 3 heteroatoms. The minimum Gasteiger partial charge on any atom is -0.340 e. The van der Waals surface area contributed by atoms with E-state index in [4.69, 9.17) is 0 Å². The highest BCUT2D eigenvalue weighted by atomic mass is 19.1. The molecule has 0 radical (unpaired) electrons. The third kappa shape index (κ3) is 1.65. The number of halogens is 1. The maximum absolute atomic E-state index is 14.0. The fourth-order valence-corrected chi connectivity index (χ4v) is 2.70. The van der Waals surface area contributed by atoms with E-state index < -0.39 is 0 Å². The second kappa shape index (κ2) is 3.57. The molecular formula is C14H17FN2. The van der Waals surface area contributed by atoms with Crippen molar-refractivity contribution in [2.24, 2.45) is 0 Å². The number of aryl methyl sites for hydroxylation is 1. The third-order valence-corrected chi connectivity index (χ3v) is 3.65. The number of hydrogen-bond donors (Lipinski definition) is 0. The molecule has 1 saturated carbocycles. The van der Waals surface area contributed by atoms with E-state index in [1.54, 1.807) is 6.07 Å². The monoisotopic (exact) mass is 232 g/mol. The second-order valence-corrected chi connectivity index (χ2v) is 5.24. The van der Waals surface area contributed by atoms with E-state index in [1.807, 2.05) is 25.3 Å². The molecule has 1 aromatic heterocycles. The molecule has 90 valence electrons. The van der Waals surface area contributed by atoms with Crippen LogP contribution in [0.25, 0.3) is 10.9 Å². The van der Waals surface area contributed by atoms with Crippen LogP contribution in [0.15, 0.2) is 24.4 Å². The van der Waals surface area contributed by atoms with E-state index in [1.165, 1.54) is 0 Å². The van der Waals surface area contributed by atoms with Crippen LogP contribution in [-0.2, 0) is 0 Å². The first-order chi connectivity index (χ1) is 8.08. The predicted molar refractivity (Wildman–Crippen MR) is 67.8 cm³/mol. The smallest absolute Gasteiger partial charge is 0.147 e. The van der Waals surface area contributed by atoms with Crippen molar-refractivity contribution in [1.29, 1.82) is 0 Å². The van der Waals surface area contributed by atoms with Crippen LogP contribution >= 0.6 is 0 Å². The molecule has 2 unspecified atom stereocenters. The highest BCUT2D eigenvalue weighted by Crippen LogP contribution is 2.41. The zero-order chi connectivity index (χ0) is 12.2. The number of benzene rings is 1. The molecule has 2 aromatic rings. The number of rotatable bonds is 2. The van der Waals surface area contributed by atoms with Gasteiger partial charge in [0.1, 0.15) is 5.82 Å². The van der Waals surface area contributed by atoms with Gasteiger partial charge in [-0.3, -0.25) is 0 Å². The molecule has 0 saturated heterocycles. The Kier molecular flexibility index (Phi) is 2.26. The van der Waals surface area contributed by atoms with E-state index in [0.29, 0.717) is 12.1 Å². The summed E-state index contributed by atoms with van der Waals surface area (Å²) in [6.07, 6.45) is 3.13. The number of aromatic nitrogens is 1. The summed E-state index contributed by atoms with van der Waals surface area (Å²) in [6.45, 7) is 1.93. The molecule has 1 aliphatic rings. The standard InChI is InChI=1S/C14H17FN2/c1-9-6-10-4-5-17(14(10)11(15)7-9)13-8-12(13)16(2)3/h4-7,12-13H,8H2,1-3H3. The van der Waals surface area contributed by atoms with Crippen molar-refractivity contribution in [1.82, 2.24) is 9.47 Å². The van der Waals surface area contributed by atoms with Gasteiger partial charge in [-0.25, -0.2) is 4.39 Å². The number of hydrogen-bond acceptors (Lipinski definition) is 1. The Morgan fingerprint density at radius 2 is 2.12 bits per heavy atom. The van der Waals surface area contributed by atoms with Gasteiger partial charge in [0.2, 0.25) is 0 Å². The number of likely N-dealkylation sites (N-methyl/N-ethyl adjacent to an activating group) is 1. The summed E-state index contributed by atoms with van der Waals surface area (Å²) >= 11 is 0. The zero-order valence-corrected chi connectivity index (χ0v) is 10.4.